The third kappa shape index (κ3) is 4.72. The Morgan fingerprint density at radius 1 is 1.11 bits per heavy atom. The molecule has 0 saturated heterocycles. The number of thioether (sulfide) groups is 1. The van der Waals surface area contributed by atoms with Crippen LogP contribution in [-0.4, -0.2) is 38.3 Å². The van der Waals surface area contributed by atoms with Crippen LogP contribution in [0.2, 0.25) is 0 Å². The van der Waals surface area contributed by atoms with Crippen molar-refractivity contribution in [3.05, 3.63) is 59.9 Å². The third-order valence-corrected chi connectivity index (χ3v) is 5.49. The van der Waals surface area contributed by atoms with Crippen LogP contribution in [0.5, 0.6) is 5.75 Å². The predicted molar refractivity (Wildman–Crippen MR) is 109 cm³/mol. The fourth-order valence-corrected chi connectivity index (χ4v) is 3.63. The minimum Gasteiger partial charge on any atom is -0.491 e. The molecule has 3 rings (SSSR count). The first-order chi connectivity index (χ1) is 13.5. The van der Waals surface area contributed by atoms with E-state index in [0.717, 1.165) is 11.3 Å². The zero-order chi connectivity index (χ0) is 20.1. The Morgan fingerprint density at radius 2 is 1.82 bits per heavy atom. The maximum absolute atomic E-state index is 14.0. The number of ether oxygens (including phenoxy) is 1. The second-order valence-electron chi connectivity index (χ2n) is 6.81. The molecule has 3 aromatic rings. The molecule has 0 aliphatic rings. The van der Waals surface area contributed by atoms with Gasteiger partial charge in [0.15, 0.2) is 11.0 Å². The largest absolute Gasteiger partial charge is 0.491 e. The van der Waals surface area contributed by atoms with Crippen molar-refractivity contribution in [2.45, 2.75) is 31.0 Å². The lowest BCUT2D eigenvalue weighted by atomic mass is 10.0. The van der Waals surface area contributed by atoms with Gasteiger partial charge >= 0.3 is 0 Å². The van der Waals surface area contributed by atoms with Crippen molar-refractivity contribution >= 4 is 11.8 Å². The summed E-state index contributed by atoms with van der Waals surface area (Å²) in [7, 11) is 1.78. The van der Waals surface area contributed by atoms with E-state index in [1.165, 1.54) is 17.8 Å². The van der Waals surface area contributed by atoms with Crippen molar-refractivity contribution in [1.29, 1.82) is 0 Å². The molecule has 0 bridgehead atoms. The van der Waals surface area contributed by atoms with Gasteiger partial charge < -0.3 is 14.4 Å². The Bertz CT molecular complexity index is 930. The van der Waals surface area contributed by atoms with Crippen LogP contribution in [0.15, 0.2) is 53.7 Å². The summed E-state index contributed by atoms with van der Waals surface area (Å²) in [4.78, 5) is 0. The molecule has 1 atom stereocenters. The summed E-state index contributed by atoms with van der Waals surface area (Å²) in [5.74, 6) is 1.65. The lowest BCUT2D eigenvalue weighted by Crippen LogP contribution is -2.20. The van der Waals surface area contributed by atoms with E-state index in [-0.39, 0.29) is 12.4 Å². The van der Waals surface area contributed by atoms with Crippen LogP contribution in [-0.2, 0) is 7.05 Å². The molecule has 0 fully saturated rings. The van der Waals surface area contributed by atoms with Crippen molar-refractivity contribution < 1.29 is 14.2 Å². The lowest BCUT2D eigenvalue weighted by molar-refractivity contribution is 0.125. The first-order valence-electron chi connectivity index (χ1n) is 9.14. The van der Waals surface area contributed by atoms with Gasteiger partial charge in [0.2, 0.25) is 0 Å². The Kier molecular flexibility index (Phi) is 6.70. The van der Waals surface area contributed by atoms with Crippen LogP contribution in [0.3, 0.4) is 0 Å². The van der Waals surface area contributed by atoms with E-state index < -0.39 is 6.10 Å². The monoisotopic (exact) mass is 401 g/mol. The van der Waals surface area contributed by atoms with Crippen molar-refractivity contribution in [3.63, 3.8) is 0 Å². The molecule has 7 heteroatoms. The molecule has 0 radical (unpaired) electrons. The Balaban J connectivity index is 1.59. The van der Waals surface area contributed by atoms with E-state index in [1.54, 1.807) is 29.8 Å². The van der Waals surface area contributed by atoms with Gasteiger partial charge in [-0.15, -0.1) is 10.2 Å². The number of halogens is 1. The fourth-order valence-electron chi connectivity index (χ4n) is 2.81. The zero-order valence-electron chi connectivity index (χ0n) is 16.2. The first-order valence-corrected chi connectivity index (χ1v) is 10.1. The van der Waals surface area contributed by atoms with Crippen LogP contribution >= 0.6 is 11.8 Å². The maximum atomic E-state index is 14.0. The smallest absolute Gasteiger partial charge is 0.191 e. The number of aliphatic hydroxyl groups is 1. The van der Waals surface area contributed by atoms with Gasteiger partial charge in [-0.3, -0.25) is 0 Å². The van der Waals surface area contributed by atoms with E-state index >= 15 is 0 Å². The second kappa shape index (κ2) is 9.21. The van der Waals surface area contributed by atoms with Gasteiger partial charge in [-0.25, -0.2) is 4.39 Å². The summed E-state index contributed by atoms with van der Waals surface area (Å²) in [6.45, 7) is 4.40. The Morgan fingerprint density at radius 3 is 2.57 bits per heavy atom. The minimum atomic E-state index is -0.668. The quantitative estimate of drug-likeness (QED) is 0.571. The van der Waals surface area contributed by atoms with Crippen molar-refractivity contribution in [2.75, 3.05) is 12.4 Å². The topological polar surface area (TPSA) is 60.2 Å². The van der Waals surface area contributed by atoms with Crippen LogP contribution < -0.4 is 4.74 Å². The molecule has 0 unspecified atom stereocenters. The van der Waals surface area contributed by atoms with Gasteiger partial charge in [-0.2, -0.15) is 0 Å². The van der Waals surface area contributed by atoms with E-state index in [9.17, 15) is 9.50 Å². The van der Waals surface area contributed by atoms with Gasteiger partial charge in [-0.05, 0) is 29.7 Å². The number of para-hydroxylation sites is 1. The Hall–Kier alpha value is -2.38. The van der Waals surface area contributed by atoms with Gasteiger partial charge in [0.05, 0.1) is 11.7 Å². The molecule has 148 valence electrons. The highest BCUT2D eigenvalue weighted by molar-refractivity contribution is 7.99. The summed E-state index contributed by atoms with van der Waals surface area (Å²) in [5.41, 5.74) is 1.52. The van der Waals surface area contributed by atoms with Crippen LogP contribution in [0.1, 0.15) is 25.3 Å². The van der Waals surface area contributed by atoms with Gasteiger partial charge in [0, 0.05) is 12.8 Å². The standard InChI is InChI=1S/C21H24FN3O2S/c1-14(2)16-8-5-7-11-19(16)27-12-15(26)13-28-21-24-23-20(25(21)3)17-9-4-6-10-18(17)22/h4-11,14-15,26H,12-13H2,1-3H3/t15-/m0/s1. The summed E-state index contributed by atoms with van der Waals surface area (Å²) in [6, 6.07) is 14.3. The number of benzene rings is 2. The van der Waals surface area contributed by atoms with Gasteiger partial charge in [-0.1, -0.05) is 55.9 Å². The van der Waals surface area contributed by atoms with Gasteiger partial charge in [0.1, 0.15) is 18.2 Å². The summed E-state index contributed by atoms with van der Waals surface area (Å²) >= 11 is 1.36. The van der Waals surface area contributed by atoms with E-state index in [4.69, 9.17) is 4.74 Å². The summed E-state index contributed by atoms with van der Waals surface area (Å²) in [6.07, 6.45) is -0.668. The van der Waals surface area contributed by atoms with E-state index in [2.05, 4.69) is 24.0 Å². The molecule has 0 amide bonds. The molecular weight excluding hydrogens is 377 g/mol. The van der Waals surface area contributed by atoms with Crippen LogP contribution in [0.25, 0.3) is 11.4 Å². The second-order valence-corrected chi connectivity index (χ2v) is 7.80. The van der Waals surface area contributed by atoms with E-state index in [0.29, 0.717) is 28.2 Å². The maximum Gasteiger partial charge on any atom is 0.191 e. The van der Waals surface area contributed by atoms with Crippen molar-refractivity contribution in [3.8, 4) is 17.1 Å². The highest BCUT2D eigenvalue weighted by Crippen LogP contribution is 2.27. The molecule has 1 N–H and O–H groups in total. The molecule has 1 heterocycles. The first kappa shape index (κ1) is 20.4. The molecule has 1 aromatic heterocycles. The SMILES string of the molecule is CC(C)c1ccccc1OC[C@H](O)CSc1nnc(-c2ccccc2F)n1C. The highest BCUT2D eigenvalue weighted by atomic mass is 32.2. The average Bonchev–Trinajstić information content (AvgIpc) is 3.05. The summed E-state index contributed by atoms with van der Waals surface area (Å²) < 4.78 is 21.5. The van der Waals surface area contributed by atoms with Crippen molar-refractivity contribution in [2.24, 2.45) is 7.05 Å². The molecule has 0 spiro atoms. The third-order valence-electron chi connectivity index (χ3n) is 4.33. The van der Waals surface area contributed by atoms with Crippen molar-refractivity contribution in [1.82, 2.24) is 14.8 Å². The predicted octanol–water partition coefficient (Wildman–Crippen LogP) is 4.28. The number of aliphatic hydroxyl groups excluding tert-OH is 1. The minimum absolute atomic E-state index is 0.189. The fraction of sp³-hybridized carbons (Fsp3) is 0.333. The lowest BCUT2D eigenvalue weighted by Gasteiger charge is -2.16. The normalized spacial score (nSPS) is 12.4. The molecule has 5 nitrogen and oxygen atoms in total. The molecular formula is C21H24FN3O2S. The average molecular weight is 402 g/mol. The van der Waals surface area contributed by atoms with E-state index in [1.807, 2.05) is 24.3 Å². The molecule has 28 heavy (non-hydrogen) atoms. The number of rotatable bonds is 8. The van der Waals surface area contributed by atoms with Gasteiger partial charge in [0.25, 0.3) is 0 Å². The van der Waals surface area contributed by atoms with Crippen LogP contribution in [0, 0.1) is 5.82 Å². The number of hydrogen-bond acceptors (Lipinski definition) is 5. The summed E-state index contributed by atoms with van der Waals surface area (Å²) in [5, 5.41) is 19.1. The number of aromatic nitrogens is 3. The number of hydrogen-bond donors (Lipinski definition) is 1. The molecule has 0 aliphatic heterocycles. The number of nitrogens with zero attached hydrogens (tertiary/aromatic N) is 3. The molecule has 0 saturated carbocycles. The molecule has 2 aromatic carbocycles. The highest BCUT2D eigenvalue weighted by Gasteiger charge is 2.16. The van der Waals surface area contributed by atoms with Crippen LogP contribution in [0.4, 0.5) is 4.39 Å². The molecule has 0 aliphatic carbocycles. The Labute approximate surface area is 168 Å². The zero-order valence-corrected chi connectivity index (χ0v) is 17.0.